The average Bonchev–Trinajstić information content (AvgIpc) is 4.08. The summed E-state index contributed by atoms with van der Waals surface area (Å²) < 4.78 is 8.22. The van der Waals surface area contributed by atoms with Crippen LogP contribution in [0.4, 0.5) is 0 Å². The van der Waals surface area contributed by atoms with Gasteiger partial charge in [-0.05, 0) is 185 Å². The average molecular weight is 905 g/mol. The van der Waals surface area contributed by atoms with Gasteiger partial charge in [-0.3, -0.25) is 0 Å². The molecule has 3 aliphatic carbocycles. The number of allylic oxidation sites excluding steroid dienone is 5. The Kier molecular flexibility index (Phi) is 8.53. The maximum Gasteiger partial charge on any atom is 0.136 e. The Hall–Kier alpha value is -7.17. The van der Waals surface area contributed by atoms with Gasteiger partial charge >= 0.3 is 0 Å². The fourth-order valence-corrected chi connectivity index (χ4v) is 14.9. The van der Waals surface area contributed by atoms with E-state index in [1.807, 2.05) is 23.1 Å². The number of fused-ring (bicyclic) bond motifs is 13. The lowest BCUT2D eigenvalue weighted by Gasteiger charge is -2.24. The molecule has 2 atom stereocenters. The van der Waals surface area contributed by atoms with Gasteiger partial charge in [0.05, 0.1) is 0 Å². The summed E-state index contributed by atoms with van der Waals surface area (Å²) in [5.41, 5.74) is 19.2. The predicted octanol–water partition coefficient (Wildman–Crippen LogP) is 19.1. The normalized spacial score (nSPS) is 17.2. The number of benzene rings is 9. The molecule has 322 valence electrons. The van der Waals surface area contributed by atoms with Crippen LogP contribution in [0.3, 0.4) is 0 Å². The topological polar surface area (TPSA) is 13.1 Å². The Bertz CT molecular complexity index is 4090. The first-order chi connectivity index (χ1) is 33.6. The van der Waals surface area contributed by atoms with Crippen LogP contribution in [0.25, 0.3) is 121 Å². The van der Waals surface area contributed by atoms with Gasteiger partial charge in [0, 0.05) is 35.9 Å². The zero-order valence-corrected chi connectivity index (χ0v) is 39.2. The fraction of sp³-hybridized carbons (Fsp3) is 0.108. The third kappa shape index (κ3) is 5.70. The molecule has 0 spiro atoms. The van der Waals surface area contributed by atoms with Gasteiger partial charge in [0.15, 0.2) is 0 Å². The van der Waals surface area contributed by atoms with Gasteiger partial charge in [0.25, 0.3) is 0 Å². The molecule has 0 N–H and O–H groups in total. The zero-order chi connectivity index (χ0) is 44.6. The summed E-state index contributed by atoms with van der Waals surface area (Å²) in [6, 6.07) is 57.1. The zero-order valence-electron chi connectivity index (χ0n) is 37.6. The number of hydrogen-bond donors (Lipinski definition) is 0. The molecule has 1 nitrogen and oxygen atoms in total. The van der Waals surface area contributed by atoms with Crippen LogP contribution in [0.1, 0.15) is 64.8 Å². The van der Waals surface area contributed by atoms with E-state index in [0.717, 1.165) is 47.6 Å². The largest absolute Gasteiger partial charge is 0.456 e. The fourth-order valence-electron chi connectivity index (χ4n) is 12.4. The van der Waals surface area contributed by atoms with Crippen molar-refractivity contribution in [1.29, 1.82) is 0 Å². The molecule has 2 aromatic heterocycles. The minimum atomic E-state index is 0.478. The summed E-state index contributed by atoms with van der Waals surface area (Å²) >= 11 is 3.99. The molecule has 4 aliphatic rings. The van der Waals surface area contributed by atoms with Gasteiger partial charge in [-0.2, -0.15) is 0 Å². The van der Waals surface area contributed by atoms with Crippen LogP contribution in [0.2, 0.25) is 0 Å². The monoisotopic (exact) mass is 904 g/mol. The molecule has 1 aliphatic heterocycles. The van der Waals surface area contributed by atoms with Crippen molar-refractivity contribution in [3.8, 4) is 33.4 Å². The van der Waals surface area contributed by atoms with Crippen molar-refractivity contribution in [2.24, 2.45) is 0 Å². The van der Waals surface area contributed by atoms with Crippen LogP contribution < -0.4 is 0 Å². The van der Waals surface area contributed by atoms with E-state index in [0.29, 0.717) is 11.2 Å². The van der Waals surface area contributed by atoms with Crippen molar-refractivity contribution >= 4 is 111 Å². The van der Waals surface area contributed by atoms with Crippen molar-refractivity contribution in [3.05, 3.63) is 209 Å². The molecule has 0 saturated heterocycles. The molecule has 15 rings (SSSR count). The Morgan fingerprint density at radius 3 is 1.97 bits per heavy atom. The Labute approximate surface area is 403 Å². The van der Waals surface area contributed by atoms with Gasteiger partial charge in [-0.15, -0.1) is 23.1 Å². The van der Waals surface area contributed by atoms with Gasteiger partial charge in [0.2, 0.25) is 0 Å². The van der Waals surface area contributed by atoms with E-state index in [-0.39, 0.29) is 0 Å². The van der Waals surface area contributed by atoms with Crippen molar-refractivity contribution < 1.29 is 4.42 Å². The molecule has 0 radical (unpaired) electrons. The second-order valence-electron chi connectivity index (χ2n) is 19.2. The van der Waals surface area contributed by atoms with Crippen LogP contribution in [0.5, 0.6) is 0 Å². The summed E-state index contributed by atoms with van der Waals surface area (Å²) in [4.78, 5) is 2.92. The molecular formula is C65H44OS2. The Balaban J connectivity index is 0.873. The predicted molar refractivity (Wildman–Crippen MR) is 294 cm³/mol. The van der Waals surface area contributed by atoms with Crippen LogP contribution in [0.15, 0.2) is 185 Å². The molecule has 0 amide bonds. The second kappa shape index (κ2) is 14.9. The smallest absolute Gasteiger partial charge is 0.136 e. The molecule has 9 aromatic carbocycles. The van der Waals surface area contributed by atoms with E-state index in [1.54, 1.807) is 0 Å². The van der Waals surface area contributed by atoms with Gasteiger partial charge in [0.1, 0.15) is 11.2 Å². The lowest BCUT2D eigenvalue weighted by Crippen LogP contribution is -2.04. The highest BCUT2D eigenvalue weighted by atomic mass is 32.2. The maximum absolute atomic E-state index is 6.83. The molecule has 3 heteroatoms. The molecular weight excluding hydrogens is 861 g/mol. The number of furan rings is 1. The highest BCUT2D eigenvalue weighted by molar-refractivity contribution is 8.00. The Morgan fingerprint density at radius 2 is 1.16 bits per heavy atom. The van der Waals surface area contributed by atoms with Crippen LogP contribution in [-0.4, -0.2) is 5.25 Å². The summed E-state index contributed by atoms with van der Waals surface area (Å²) in [7, 11) is 0. The number of hydrogen-bond acceptors (Lipinski definition) is 3. The van der Waals surface area contributed by atoms with E-state index in [1.165, 1.54) is 125 Å². The molecule has 11 aromatic rings. The Morgan fingerprint density at radius 1 is 0.515 bits per heavy atom. The van der Waals surface area contributed by atoms with Gasteiger partial charge in [-0.1, -0.05) is 146 Å². The van der Waals surface area contributed by atoms with Gasteiger partial charge in [-0.25, -0.2) is 0 Å². The van der Waals surface area contributed by atoms with E-state index >= 15 is 0 Å². The highest BCUT2D eigenvalue weighted by Crippen LogP contribution is 2.52. The van der Waals surface area contributed by atoms with E-state index in [9.17, 15) is 0 Å². The molecule has 0 saturated carbocycles. The molecule has 68 heavy (non-hydrogen) atoms. The molecule has 2 unspecified atom stereocenters. The molecule has 0 bridgehead atoms. The third-order valence-electron chi connectivity index (χ3n) is 15.4. The van der Waals surface area contributed by atoms with Crippen molar-refractivity contribution in [2.75, 3.05) is 0 Å². The van der Waals surface area contributed by atoms with Crippen LogP contribution in [-0.2, 0) is 6.42 Å². The standard InChI is InChI=1S/C65H44OS2/c1-37-13-12-23-52-55-35-40(28-32-60(55)68-65(37)52)63-46-17-4-2-15-44(46)61(45-16-3-5-18-47(45)63)38-26-30-56-53(33-38)42-29-25-41(36-57(42)66-56)64-50-21-8-6-19-48(50)62(49-20-7-9-22-51(49)64)39-27-31-59-54(34-39)43-14-10-11-24-58(43)67-59/h2-4,6-12,14-17,19-30,32-37,59H,5,13,18,31H2,1H3. The van der Waals surface area contributed by atoms with E-state index in [2.05, 4.69) is 195 Å². The summed E-state index contributed by atoms with van der Waals surface area (Å²) in [5, 5.41) is 11.8. The molecule has 3 heterocycles. The quantitative estimate of drug-likeness (QED) is 0.163. The first-order valence-electron chi connectivity index (χ1n) is 24.2. The minimum absolute atomic E-state index is 0.478. The number of rotatable bonds is 4. The highest BCUT2D eigenvalue weighted by Gasteiger charge is 2.31. The number of thiophene rings is 1. The lowest BCUT2D eigenvalue weighted by atomic mass is 9.80. The SMILES string of the molecule is CC1CC=Cc2c1sc1ccc(-c3c4c(c(-c5ccc6oc7cc(-c8c9ccccc9c(C9=CCC%10Sc%11ccccc%11C%10=C9)c9ccccc89)ccc7c6c5)c5ccccc35)C=CCC4)cc21. The van der Waals surface area contributed by atoms with Crippen LogP contribution in [0, 0.1) is 0 Å². The summed E-state index contributed by atoms with van der Waals surface area (Å²) in [6.45, 7) is 2.37. The summed E-state index contributed by atoms with van der Waals surface area (Å²) in [6.07, 6.45) is 18.7. The van der Waals surface area contributed by atoms with Crippen LogP contribution >= 0.6 is 23.1 Å². The van der Waals surface area contributed by atoms with E-state index < -0.39 is 0 Å². The van der Waals surface area contributed by atoms with Crippen molar-refractivity contribution in [2.45, 2.75) is 48.7 Å². The maximum atomic E-state index is 6.83. The second-order valence-corrected chi connectivity index (χ2v) is 21.5. The first kappa shape index (κ1) is 38.9. The number of thioether (sulfide) groups is 1. The van der Waals surface area contributed by atoms with Gasteiger partial charge < -0.3 is 4.42 Å². The lowest BCUT2D eigenvalue weighted by molar-refractivity contribution is 0.669. The minimum Gasteiger partial charge on any atom is -0.456 e. The first-order valence-corrected chi connectivity index (χ1v) is 25.9. The molecule has 0 fully saturated rings. The van der Waals surface area contributed by atoms with Crippen molar-refractivity contribution in [1.82, 2.24) is 0 Å². The van der Waals surface area contributed by atoms with Crippen molar-refractivity contribution in [3.63, 3.8) is 0 Å². The third-order valence-corrected chi connectivity index (χ3v) is 18.2. The summed E-state index contributed by atoms with van der Waals surface area (Å²) in [5.74, 6) is 0.570. The van der Waals surface area contributed by atoms with E-state index in [4.69, 9.17) is 4.42 Å².